The van der Waals surface area contributed by atoms with Crippen LogP contribution in [0.25, 0.3) is 10.6 Å². The summed E-state index contributed by atoms with van der Waals surface area (Å²) in [6, 6.07) is 4.07. The zero-order valence-electron chi connectivity index (χ0n) is 16.5. The number of carbonyl (C=O) groups excluding carboxylic acids is 1. The second-order valence-electron chi connectivity index (χ2n) is 7.33. The number of sulfonamides is 1. The third-order valence-corrected chi connectivity index (χ3v) is 8.31. The standard InChI is InChI=1S/C19H26N4O4S2/c1-2-27-19(24)21-9-11-22(12-10-21)29(25,26)17-14-23(15-6-3-4-7-15)20-18(17)16-8-5-13-28-16/h5,8,13-15H,2-4,6-7,9-12H2,1H3. The summed E-state index contributed by atoms with van der Waals surface area (Å²) in [7, 11) is -3.71. The van der Waals surface area contributed by atoms with E-state index in [1.807, 2.05) is 22.2 Å². The van der Waals surface area contributed by atoms with Gasteiger partial charge >= 0.3 is 6.09 Å². The average Bonchev–Trinajstić information content (AvgIpc) is 3.49. The van der Waals surface area contributed by atoms with E-state index in [-0.39, 0.29) is 24.0 Å². The molecule has 0 unspecified atom stereocenters. The Hall–Kier alpha value is -1.91. The first-order valence-corrected chi connectivity index (χ1v) is 12.4. The van der Waals surface area contributed by atoms with Gasteiger partial charge in [-0.05, 0) is 31.2 Å². The number of aromatic nitrogens is 2. The van der Waals surface area contributed by atoms with E-state index in [2.05, 4.69) is 0 Å². The predicted octanol–water partition coefficient (Wildman–Crippen LogP) is 3.19. The Bertz CT molecular complexity index is 941. The summed E-state index contributed by atoms with van der Waals surface area (Å²) < 4.78 is 35.3. The molecule has 1 amide bonds. The number of amides is 1. The number of hydrogen-bond donors (Lipinski definition) is 0. The van der Waals surface area contributed by atoms with E-state index in [4.69, 9.17) is 9.84 Å². The molecule has 2 fully saturated rings. The summed E-state index contributed by atoms with van der Waals surface area (Å²) in [5, 5.41) is 6.63. The predicted molar refractivity (Wildman–Crippen MR) is 110 cm³/mol. The molecule has 0 bridgehead atoms. The van der Waals surface area contributed by atoms with Gasteiger partial charge in [0.1, 0.15) is 10.6 Å². The van der Waals surface area contributed by atoms with E-state index < -0.39 is 16.1 Å². The van der Waals surface area contributed by atoms with Crippen LogP contribution in [0.15, 0.2) is 28.6 Å². The molecule has 8 nitrogen and oxygen atoms in total. The van der Waals surface area contributed by atoms with Crippen molar-refractivity contribution in [2.24, 2.45) is 0 Å². The van der Waals surface area contributed by atoms with Crippen LogP contribution in [0.2, 0.25) is 0 Å². The second kappa shape index (κ2) is 8.45. The first-order valence-electron chi connectivity index (χ1n) is 10.1. The molecule has 3 heterocycles. The summed E-state index contributed by atoms with van der Waals surface area (Å²) in [4.78, 5) is 14.6. The summed E-state index contributed by atoms with van der Waals surface area (Å²) in [5.41, 5.74) is 0.528. The number of thiophene rings is 1. The Morgan fingerprint density at radius 1 is 1.24 bits per heavy atom. The molecule has 1 aliphatic carbocycles. The van der Waals surface area contributed by atoms with E-state index in [1.165, 1.54) is 15.6 Å². The SMILES string of the molecule is CCOC(=O)N1CCN(S(=O)(=O)c2cn(C3CCCC3)nc2-c2cccs2)CC1. The molecular formula is C19H26N4O4S2. The third kappa shape index (κ3) is 4.06. The Morgan fingerprint density at radius 3 is 2.59 bits per heavy atom. The number of hydrogen-bond acceptors (Lipinski definition) is 6. The molecule has 0 aromatic carbocycles. The number of rotatable bonds is 5. The first kappa shape index (κ1) is 20.4. The van der Waals surface area contributed by atoms with Crippen LogP contribution in [0.1, 0.15) is 38.6 Å². The van der Waals surface area contributed by atoms with Crippen LogP contribution in [-0.4, -0.2) is 66.3 Å². The van der Waals surface area contributed by atoms with Crippen molar-refractivity contribution in [2.75, 3.05) is 32.8 Å². The van der Waals surface area contributed by atoms with Crippen LogP contribution in [0, 0.1) is 0 Å². The second-order valence-corrected chi connectivity index (χ2v) is 10.2. The fourth-order valence-corrected chi connectivity index (χ4v) is 6.31. The van der Waals surface area contributed by atoms with Gasteiger partial charge in [0.05, 0.1) is 17.5 Å². The normalized spacial score (nSPS) is 19.0. The summed E-state index contributed by atoms with van der Waals surface area (Å²) in [5.74, 6) is 0. The van der Waals surface area contributed by atoms with Gasteiger partial charge in [-0.25, -0.2) is 13.2 Å². The molecule has 0 atom stereocenters. The molecule has 10 heteroatoms. The number of nitrogens with zero attached hydrogens (tertiary/aromatic N) is 4. The van der Waals surface area contributed by atoms with Crippen molar-refractivity contribution >= 4 is 27.5 Å². The van der Waals surface area contributed by atoms with Crippen LogP contribution in [-0.2, 0) is 14.8 Å². The van der Waals surface area contributed by atoms with Gasteiger partial charge in [0.2, 0.25) is 10.0 Å². The Balaban J connectivity index is 1.60. The average molecular weight is 439 g/mol. The van der Waals surface area contributed by atoms with E-state index >= 15 is 0 Å². The van der Waals surface area contributed by atoms with Gasteiger partial charge in [0, 0.05) is 32.4 Å². The summed E-state index contributed by atoms with van der Waals surface area (Å²) >= 11 is 1.49. The molecular weight excluding hydrogens is 412 g/mol. The maximum Gasteiger partial charge on any atom is 0.409 e. The van der Waals surface area contributed by atoms with Crippen molar-refractivity contribution in [1.29, 1.82) is 0 Å². The maximum atomic E-state index is 13.5. The quantitative estimate of drug-likeness (QED) is 0.716. The van der Waals surface area contributed by atoms with E-state index in [9.17, 15) is 13.2 Å². The van der Waals surface area contributed by atoms with E-state index in [0.717, 1.165) is 30.6 Å². The van der Waals surface area contributed by atoms with Gasteiger partial charge in [-0.1, -0.05) is 18.9 Å². The Labute approximate surface area is 175 Å². The number of piperazine rings is 1. The largest absolute Gasteiger partial charge is 0.450 e. The molecule has 0 spiro atoms. The van der Waals surface area contributed by atoms with Gasteiger partial charge in [-0.2, -0.15) is 9.40 Å². The highest BCUT2D eigenvalue weighted by atomic mass is 32.2. The minimum Gasteiger partial charge on any atom is -0.450 e. The van der Waals surface area contributed by atoms with Crippen molar-refractivity contribution in [3.63, 3.8) is 0 Å². The van der Waals surface area contributed by atoms with Crippen LogP contribution in [0.3, 0.4) is 0 Å². The molecule has 158 valence electrons. The van der Waals surface area contributed by atoms with Crippen molar-refractivity contribution in [1.82, 2.24) is 19.0 Å². The van der Waals surface area contributed by atoms with Crippen molar-refractivity contribution < 1.29 is 17.9 Å². The van der Waals surface area contributed by atoms with Gasteiger partial charge in [-0.3, -0.25) is 4.68 Å². The fourth-order valence-electron chi connectivity index (χ4n) is 3.97. The van der Waals surface area contributed by atoms with E-state index in [1.54, 1.807) is 18.0 Å². The highest BCUT2D eigenvalue weighted by Crippen LogP contribution is 2.36. The van der Waals surface area contributed by atoms with Gasteiger partial charge in [-0.15, -0.1) is 11.3 Å². The molecule has 2 aromatic heterocycles. The summed E-state index contributed by atoms with van der Waals surface area (Å²) in [6.07, 6.45) is 5.68. The third-order valence-electron chi connectivity index (χ3n) is 5.53. The lowest BCUT2D eigenvalue weighted by Crippen LogP contribution is -2.50. The van der Waals surface area contributed by atoms with Gasteiger partial charge in [0.15, 0.2) is 0 Å². The van der Waals surface area contributed by atoms with Crippen molar-refractivity contribution in [2.45, 2.75) is 43.5 Å². The van der Waals surface area contributed by atoms with Gasteiger partial charge < -0.3 is 9.64 Å². The molecule has 0 N–H and O–H groups in total. The lowest BCUT2D eigenvalue weighted by atomic mass is 10.3. The highest BCUT2D eigenvalue weighted by molar-refractivity contribution is 7.89. The number of ether oxygens (including phenoxy) is 1. The van der Waals surface area contributed by atoms with Crippen molar-refractivity contribution in [3.8, 4) is 10.6 Å². The lowest BCUT2D eigenvalue weighted by molar-refractivity contribution is 0.0934. The zero-order chi connectivity index (χ0) is 20.4. The first-order chi connectivity index (χ1) is 14.0. The maximum absolute atomic E-state index is 13.5. The van der Waals surface area contributed by atoms with Crippen LogP contribution >= 0.6 is 11.3 Å². The topological polar surface area (TPSA) is 84.7 Å². The fraction of sp³-hybridized carbons (Fsp3) is 0.579. The Kier molecular flexibility index (Phi) is 5.93. The monoisotopic (exact) mass is 438 g/mol. The molecule has 1 saturated heterocycles. The van der Waals surface area contributed by atoms with Crippen molar-refractivity contribution in [3.05, 3.63) is 23.7 Å². The summed E-state index contributed by atoms with van der Waals surface area (Å²) in [6.45, 7) is 3.21. The molecule has 4 rings (SSSR count). The highest BCUT2D eigenvalue weighted by Gasteiger charge is 2.35. The van der Waals surface area contributed by atoms with E-state index in [0.29, 0.717) is 25.4 Å². The van der Waals surface area contributed by atoms with Gasteiger partial charge in [0.25, 0.3) is 0 Å². The molecule has 2 aromatic rings. The van der Waals surface area contributed by atoms with Crippen LogP contribution in [0.4, 0.5) is 4.79 Å². The number of carbonyl (C=O) groups is 1. The smallest absolute Gasteiger partial charge is 0.409 e. The molecule has 1 aliphatic heterocycles. The minimum atomic E-state index is -3.71. The van der Waals surface area contributed by atoms with Crippen LogP contribution in [0.5, 0.6) is 0 Å². The molecule has 29 heavy (non-hydrogen) atoms. The minimum absolute atomic E-state index is 0.250. The lowest BCUT2D eigenvalue weighted by Gasteiger charge is -2.33. The molecule has 0 radical (unpaired) electrons. The molecule has 1 saturated carbocycles. The van der Waals surface area contributed by atoms with Crippen LogP contribution < -0.4 is 0 Å². The zero-order valence-corrected chi connectivity index (χ0v) is 18.1. The molecule has 2 aliphatic rings. The Morgan fingerprint density at radius 2 is 1.97 bits per heavy atom.